The van der Waals surface area contributed by atoms with Crippen LogP contribution < -0.4 is 22.9 Å². The maximum atomic E-state index is 12.2. The van der Waals surface area contributed by atoms with Gasteiger partial charge in [0.2, 0.25) is 23.6 Å². The molecular weight excluding hydrogens is 723 g/mol. The van der Waals surface area contributed by atoms with Gasteiger partial charge in [-0.1, -0.05) is 0 Å². The summed E-state index contributed by atoms with van der Waals surface area (Å²) in [4.78, 5) is 84.5. The molecule has 4 amide bonds. The van der Waals surface area contributed by atoms with E-state index in [1.54, 1.807) is 72.8 Å². The Labute approximate surface area is 306 Å². The topological polar surface area (TPSA) is 281 Å². The predicted molar refractivity (Wildman–Crippen MR) is 190 cm³/mol. The van der Waals surface area contributed by atoms with Crippen molar-refractivity contribution in [2.75, 3.05) is 0 Å². The summed E-state index contributed by atoms with van der Waals surface area (Å²) >= 11 is 0. The van der Waals surface area contributed by atoms with Crippen LogP contribution in [0.4, 0.5) is 0 Å². The number of hydrogen-bond donors (Lipinski definition) is 6. The first-order valence-corrected chi connectivity index (χ1v) is 15.6. The number of aromatic nitrogens is 8. The van der Waals surface area contributed by atoms with Crippen molar-refractivity contribution < 1.29 is 36.0 Å². The van der Waals surface area contributed by atoms with Gasteiger partial charge in [-0.05, 0) is 72.8 Å². The molecule has 259 valence electrons. The molecular formula is C36H22CoN12O4. The number of nitrogens with zero attached hydrogens (tertiary/aromatic N) is 6. The average Bonchev–Trinajstić information content (AvgIpc) is 3.85. The Kier molecular flexibility index (Phi) is 7.34. The third-order valence-electron chi connectivity index (χ3n) is 8.97. The quantitative estimate of drug-likeness (QED) is 0.153. The summed E-state index contributed by atoms with van der Waals surface area (Å²) in [6, 6.07) is 19.3. The van der Waals surface area contributed by atoms with Crippen molar-refractivity contribution in [3.05, 3.63) is 95.1 Å². The van der Waals surface area contributed by atoms with Crippen molar-refractivity contribution in [1.29, 1.82) is 0 Å². The van der Waals surface area contributed by atoms with Gasteiger partial charge in [0.1, 0.15) is 22.6 Å². The van der Waals surface area contributed by atoms with Crippen LogP contribution in [-0.4, -0.2) is 63.5 Å². The number of amides is 4. The van der Waals surface area contributed by atoms with Gasteiger partial charge in [-0.2, -0.15) is 0 Å². The normalized spacial score (nSPS) is 11.5. The fourth-order valence-electron chi connectivity index (χ4n) is 6.41. The second-order valence-electron chi connectivity index (χ2n) is 12.1. The van der Waals surface area contributed by atoms with E-state index in [0.29, 0.717) is 66.4 Å². The number of carbonyl (C=O) groups excluding carboxylic acids is 4. The fraction of sp³-hybridized carbons (Fsp3) is 0. The molecule has 10 N–H and O–H groups in total. The number of carbonyl (C=O) groups is 4. The maximum absolute atomic E-state index is 12.2. The monoisotopic (exact) mass is 745 g/mol. The number of fused-ring (bicyclic) bond motifs is 20. The van der Waals surface area contributed by atoms with Crippen molar-refractivity contribution in [2.24, 2.45) is 22.9 Å². The summed E-state index contributed by atoms with van der Waals surface area (Å²) in [5.41, 5.74) is 26.8. The molecule has 3 aromatic heterocycles. The minimum atomic E-state index is -0.645. The Morgan fingerprint density at radius 2 is 0.679 bits per heavy atom. The molecule has 53 heavy (non-hydrogen) atoms. The summed E-state index contributed by atoms with van der Waals surface area (Å²) in [6.45, 7) is 0. The molecule has 8 bridgehead atoms. The molecule has 17 heteroatoms. The first-order chi connectivity index (χ1) is 25.0. The SMILES string of the molecule is NC(=O)c1ccc2c(c1)-c1nc-2nc2[nH]c(nc3nc(nc4[nH]c(n1)c1ccc(C(N)=O)cc41)-c1ccc(C(N)=O)cc1-3)c1ccc(C(N)=O)cc21.[Co]. The second kappa shape index (κ2) is 11.9. The zero-order chi connectivity index (χ0) is 36.0. The van der Waals surface area contributed by atoms with Gasteiger partial charge in [-0.25, -0.2) is 29.9 Å². The zero-order valence-electron chi connectivity index (χ0n) is 26.9. The molecule has 0 saturated heterocycles. The van der Waals surface area contributed by atoms with Gasteiger partial charge in [0, 0.05) is 82.8 Å². The molecule has 0 unspecified atom stereocenters. The van der Waals surface area contributed by atoms with Crippen molar-refractivity contribution in [3.63, 3.8) is 0 Å². The number of primary amides is 4. The number of aromatic amines is 2. The fourth-order valence-corrected chi connectivity index (χ4v) is 6.41. The van der Waals surface area contributed by atoms with Crippen molar-refractivity contribution >= 4 is 67.8 Å². The summed E-state index contributed by atoms with van der Waals surface area (Å²) in [6.07, 6.45) is 0. The van der Waals surface area contributed by atoms with Crippen LogP contribution in [0, 0.1) is 0 Å². The van der Waals surface area contributed by atoms with Crippen LogP contribution in [0.1, 0.15) is 41.4 Å². The maximum Gasteiger partial charge on any atom is 0.248 e. The van der Waals surface area contributed by atoms with Gasteiger partial charge in [0.15, 0.2) is 23.3 Å². The molecule has 5 heterocycles. The molecule has 2 aliphatic heterocycles. The van der Waals surface area contributed by atoms with E-state index in [2.05, 4.69) is 9.97 Å². The minimum absolute atomic E-state index is 0. The van der Waals surface area contributed by atoms with E-state index in [9.17, 15) is 19.2 Å². The number of rotatable bonds is 4. The standard InChI is InChI=1S/C36H22N12O4.Co/c37-25(49)13-1-5-17-21(9-13)33-41-29(17)45-34-22-10-14(26(38)50)2-6-18(22)31(42-34)47-36-24-12-16(28(40)52)4-8-20(24)32(44-36)48-35-23-11-15(27(39)51)3-7-19(23)30(43-35)46-33;/h1-12H,(H2,37,49)(H2,38,50)(H2,39,51)(H2,40,52)(H2,41,42,43,44,45,46,47,48);. The van der Waals surface area contributed by atoms with Crippen LogP contribution >= 0.6 is 0 Å². The van der Waals surface area contributed by atoms with Crippen LogP contribution in [0.25, 0.3) is 89.7 Å². The third kappa shape index (κ3) is 5.22. The summed E-state index contributed by atoms with van der Waals surface area (Å²) < 4.78 is 0. The van der Waals surface area contributed by atoms with Gasteiger partial charge < -0.3 is 32.9 Å². The van der Waals surface area contributed by atoms with E-state index in [1.807, 2.05) is 0 Å². The zero-order valence-corrected chi connectivity index (χ0v) is 27.9. The minimum Gasteiger partial charge on any atom is -0.366 e. The third-order valence-corrected chi connectivity index (χ3v) is 8.97. The molecule has 9 rings (SSSR count). The molecule has 0 aliphatic carbocycles. The molecule has 16 nitrogen and oxygen atoms in total. The second-order valence-corrected chi connectivity index (χ2v) is 12.1. The molecule has 0 saturated carbocycles. The van der Waals surface area contributed by atoms with Crippen LogP contribution in [0.15, 0.2) is 72.8 Å². The number of hydrogen-bond acceptors (Lipinski definition) is 10. The van der Waals surface area contributed by atoms with Crippen molar-refractivity contribution in [2.45, 2.75) is 0 Å². The van der Waals surface area contributed by atoms with E-state index in [-0.39, 0.29) is 62.3 Å². The molecule has 0 atom stereocenters. The van der Waals surface area contributed by atoms with Crippen LogP contribution in [0.2, 0.25) is 0 Å². The van der Waals surface area contributed by atoms with Crippen molar-refractivity contribution in [1.82, 2.24) is 39.9 Å². The smallest absolute Gasteiger partial charge is 0.248 e. The summed E-state index contributed by atoms with van der Waals surface area (Å²) in [5.74, 6) is -1.70. The summed E-state index contributed by atoms with van der Waals surface area (Å²) in [5, 5.41) is 2.16. The summed E-state index contributed by atoms with van der Waals surface area (Å²) in [7, 11) is 0. The predicted octanol–water partition coefficient (Wildman–Crippen LogP) is 3.26. The van der Waals surface area contributed by atoms with E-state index < -0.39 is 23.6 Å². The number of nitrogens with two attached hydrogens (primary N) is 4. The molecule has 0 fully saturated rings. The van der Waals surface area contributed by atoms with Crippen LogP contribution in [0.5, 0.6) is 0 Å². The molecule has 1 radical (unpaired) electrons. The van der Waals surface area contributed by atoms with Gasteiger partial charge in [0.05, 0.1) is 0 Å². The van der Waals surface area contributed by atoms with Gasteiger partial charge in [-0.3, -0.25) is 19.2 Å². The van der Waals surface area contributed by atoms with E-state index in [1.165, 1.54) is 0 Å². The Hall–Kier alpha value is -7.37. The van der Waals surface area contributed by atoms with Crippen molar-refractivity contribution in [3.8, 4) is 45.6 Å². The molecule has 7 aromatic rings. The van der Waals surface area contributed by atoms with E-state index in [0.717, 1.165) is 0 Å². The Morgan fingerprint density at radius 3 is 1.04 bits per heavy atom. The Morgan fingerprint density at radius 1 is 0.377 bits per heavy atom. The van der Waals surface area contributed by atoms with Gasteiger partial charge in [-0.15, -0.1) is 0 Å². The number of nitrogens with one attached hydrogen (secondary N) is 2. The van der Waals surface area contributed by atoms with Crippen LogP contribution in [0.3, 0.4) is 0 Å². The average molecular weight is 746 g/mol. The van der Waals surface area contributed by atoms with E-state index >= 15 is 0 Å². The largest absolute Gasteiger partial charge is 0.366 e. The Bertz CT molecular complexity index is 2810. The number of benzene rings is 4. The van der Waals surface area contributed by atoms with Gasteiger partial charge >= 0.3 is 0 Å². The first-order valence-electron chi connectivity index (χ1n) is 15.6. The Balaban J connectivity index is 0.00000400. The molecule has 4 aromatic carbocycles. The molecule has 2 aliphatic rings. The van der Waals surface area contributed by atoms with Crippen LogP contribution in [-0.2, 0) is 16.8 Å². The van der Waals surface area contributed by atoms with E-state index in [4.69, 9.17) is 52.8 Å². The first kappa shape index (κ1) is 32.8. The van der Waals surface area contributed by atoms with Gasteiger partial charge in [0.25, 0.3) is 0 Å². The molecule has 0 spiro atoms. The number of H-pyrrole nitrogens is 2.